The Morgan fingerprint density at radius 1 is 1.40 bits per heavy atom. The Bertz CT molecular complexity index is 418. The first-order valence-electron chi connectivity index (χ1n) is 7.22. The third kappa shape index (κ3) is 4.61. The molecule has 0 atom stereocenters. The number of piperidine rings is 1. The van der Waals surface area contributed by atoms with Gasteiger partial charge in [0.15, 0.2) is 5.82 Å². The maximum absolute atomic E-state index is 5.77. The zero-order valence-corrected chi connectivity index (χ0v) is 12.4. The summed E-state index contributed by atoms with van der Waals surface area (Å²) in [7, 11) is 3.81. The highest BCUT2D eigenvalue weighted by Crippen LogP contribution is 2.19. The van der Waals surface area contributed by atoms with Crippen molar-refractivity contribution in [2.75, 3.05) is 44.8 Å². The Hall–Kier alpha value is -1.40. The molecular weight excluding hydrogens is 254 g/mol. The summed E-state index contributed by atoms with van der Waals surface area (Å²) in [5.74, 6) is 2.71. The molecule has 0 bridgehead atoms. The van der Waals surface area contributed by atoms with Gasteiger partial charge in [0, 0.05) is 19.7 Å². The van der Waals surface area contributed by atoms with Crippen molar-refractivity contribution < 1.29 is 4.74 Å². The number of nitrogen functional groups attached to an aromatic ring is 1. The molecule has 1 aromatic heterocycles. The summed E-state index contributed by atoms with van der Waals surface area (Å²) in [4.78, 5) is 10.9. The summed E-state index contributed by atoms with van der Waals surface area (Å²) in [6.07, 6.45) is 3.76. The fourth-order valence-electron chi connectivity index (χ4n) is 2.56. The molecule has 0 unspecified atom stereocenters. The van der Waals surface area contributed by atoms with Gasteiger partial charge in [-0.05, 0) is 45.3 Å². The van der Waals surface area contributed by atoms with Gasteiger partial charge < -0.3 is 20.7 Å². The zero-order valence-electron chi connectivity index (χ0n) is 12.4. The molecule has 0 radical (unpaired) electrons. The van der Waals surface area contributed by atoms with Gasteiger partial charge in [-0.25, -0.2) is 9.97 Å². The number of hydrogen-bond acceptors (Lipinski definition) is 6. The van der Waals surface area contributed by atoms with Crippen LogP contribution in [0.1, 0.15) is 25.1 Å². The number of likely N-dealkylation sites (tertiary alicyclic amines) is 1. The average Bonchev–Trinajstić information content (AvgIpc) is 2.41. The van der Waals surface area contributed by atoms with Crippen LogP contribution >= 0.6 is 0 Å². The predicted molar refractivity (Wildman–Crippen MR) is 80.5 cm³/mol. The number of nitrogens with one attached hydrogen (secondary N) is 1. The molecule has 0 amide bonds. The molecule has 112 valence electrons. The van der Waals surface area contributed by atoms with E-state index in [1.807, 2.05) is 0 Å². The highest BCUT2D eigenvalue weighted by atomic mass is 16.5. The molecule has 6 heteroatoms. The van der Waals surface area contributed by atoms with Crippen LogP contribution in [0.15, 0.2) is 6.07 Å². The van der Waals surface area contributed by atoms with Crippen LogP contribution in [0.5, 0.6) is 0 Å². The minimum absolute atomic E-state index is 0.384. The molecule has 1 aliphatic rings. The highest BCUT2D eigenvalue weighted by molar-refractivity contribution is 5.44. The molecule has 1 fully saturated rings. The van der Waals surface area contributed by atoms with Crippen LogP contribution in [-0.2, 0) is 11.3 Å². The van der Waals surface area contributed by atoms with Crippen LogP contribution in [0.2, 0.25) is 0 Å². The van der Waals surface area contributed by atoms with Gasteiger partial charge in [0.25, 0.3) is 0 Å². The van der Waals surface area contributed by atoms with Crippen molar-refractivity contribution in [2.45, 2.75) is 25.9 Å². The fourth-order valence-corrected chi connectivity index (χ4v) is 2.56. The van der Waals surface area contributed by atoms with Crippen molar-refractivity contribution in [3.8, 4) is 0 Å². The Kier molecular flexibility index (Phi) is 5.55. The Labute approximate surface area is 120 Å². The summed E-state index contributed by atoms with van der Waals surface area (Å²) >= 11 is 0. The summed E-state index contributed by atoms with van der Waals surface area (Å²) in [6.45, 7) is 3.73. The van der Waals surface area contributed by atoms with Crippen LogP contribution in [-0.4, -0.2) is 48.7 Å². The van der Waals surface area contributed by atoms with E-state index in [4.69, 9.17) is 10.5 Å². The first-order chi connectivity index (χ1) is 9.67. The van der Waals surface area contributed by atoms with E-state index in [1.165, 1.54) is 32.4 Å². The quantitative estimate of drug-likeness (QED) is 0.818. The van der Waals surface area contributed by atoms with Gasteiger partial charge in [-0.1, -0.05) is 0 Å². The van der Waals surface area contributed by atoms with Gasteiger partial charge in [-0.15, -0.1) is 0 Å². The molecule has 1 saturated heterocycles. The summed E-state index contributed by atoms with van der Waals surface area (Å²) in [5.41, 5.74) is 5.77. The van der Waals surface area contributed by atoms with E-state index in [9.17, 15) is 0 Å². The third-order valence-corrected chi connectivity index (χ3v) is 3.76. The summed E-state index contributed by atoms with van der Waals surface area (Å²) in [6, 6.07) is 1.77. The lowest BCUT2D eigenvalue weighted by atomic mass is 9.94. The normalized spacial score (nSPS) is 17.3. The first kappa shape index (κ1) is 15.0. The van der Waals surface area contributed by atoms with Crippen LogP contribution < -0.4 is 11.1 Å². The van der Waals surface area contributed by atoms with Crippen LogP contribution in [0.4, 0.5) is 11.6 Å². The SMILES string of the molecule is COCc1nc(N)cc(NCCC2CCN(C)CC2)n1. The molecule has 0 saturated carbocycles. The molecule has 3 N–H and O–H groups in total. The topological polar surface area (TPSA) is 76.3 Å². The maximum atomic E-state index is 5.77. The molecule has 0 aromatic carbocycles. The van der Waals surface area contributed by atoms with Crippen molar-refractivity contribution in [1.82, 2.24) is 14.9 Å². The van der Waals surface area contributed by atoms with E-state index in [0.29, 0.717) is 18.2 Å². The number of rotatable bonds is 6. The van der Waals surface area contributed by atoms with Crippen molar-refractivity contribution in [1.29, 1.82) is 0 Å². The minimum atomic E-state index is 0.384. The fraction of sp³-hybridized carbons (Fsp3) is 0.714. The molecular formula is C14H25N5O. The number of methoxy groups -OCH3 is 1. The molecule has 6 nitrogen and oxygen atoms in total. The molecule has 1 aliphatic heterocycles. The second kappa shape index (κ2) is 7.40. The summed E-state index contributed by atoms with van der Waals surface area (Å²) < 4.78 is 5.03. The van der Waals surface area contributed by atoms with E-state index >= 15 is 0 Å². The third-order valence-electron chi connectivity index (χ3n) is 3.76. The second-order valence-corrected chi connectivity index (χ2v) is 5.49. The molecule has 20 heavy (non-hydrogen) atoms. The Morgan fingerprint density at radius 3 is 2.85 bits per heavy atom. The number of ether oxygens (including phenoxy) is 1. The summed E-state index contributed by atoms with van der Waals surface area (Å²) in [5, 5.41) is 3.34. The lowest BCUT2D eigenvalue weighted by molar-refractivity contribution is 0.178. The van der Waals surface area contributed by atoms with Crippen LogP contribution in [0.3, 0.4) is 0 Å². The van der Waals surface area contributed by atoms with Crippen molar-refractivity contribution in [3.05, 3.63) is 11.9 Å². The van der Waals surface area contributed by atoms with Crippen LogP contribution in [0, 0.1) is 5.92 Å². The van der Waals surface area contributed by atoms with Crippen molar-refractivity contribution in [3.63, 3.8) is 0 Å². The number of aromatic nitrogens is 2. The monoisotopic (exact) mass is 279 g/mol. The smallest absolute Gasteiger partial charge is 0.158 e. The Morgan fingerprint density at radius 2 is 2.15 bits per heavy atom. The lowest BCUT2D eigenvalue weighted by Crippen LogP contribution is -2.30. The van der Waals surface area contributed by atoms with E-state index in [1.54, 1.807) is 13.2 Å². The van der Waals surface area contributed by atoms with Crippen molar-refractivity contribution >= 4 is 11.6 Å². The van der Waals surface area contributed by atoms with E-state index in [2.05, 4.69) is 27.2 Å². The number of hydrogen-bond donors (Lipinski definition) is 2. The van der Waals surface area contributed by atoms with Gasteiger partial charge in [0.1, 0.15) is 18.2 Å². The molecule has 0 spiro atoms. The number of nitrogens with zero attached hydrogens (tertiary/aromatic N) is 3. The van der Waals surface area contributed by atoms with Gasteiger partial charge in [-0.3, -0.25) is 0 Å². The van der Waals surface area contributed by atoms with Gasteiger partial charge in [0.2, 0.25) is 0 Å². The van der Waals surface area contributed by atoms with Crippen LogP contribution in [0.25, 0.3) is 0 Å². The average molecular weight is 279 g/mol. The lowest BCUT2D eigenvalue weighted by Gasteiger charge is -2.28. The largest absolute Gasteiger partial charge is 0.384 e. The number of anilines is 2. The van der Waals surface area contributed by atoms with Gasteiger partial charge in [-0.2, -0.15) is 0 Å². The minimum Gasteiger partial charge on any atom is -0.384 e. The molecule has 2 heterocycles. The second-order valence-electron chi connectivity index (χ2n) is 5.49. The predicted octanol–water partition coefficient (Wildman–Crippen LogP) is 1.35. The number of nitrogens with two attached hydrogens (primary N) is 1. The van der Waals surface area contributed by atoms with E-state index in [-0.39, 0.29) is 0 Å². The van der Waals surface area contributed by atoms with E-state index < -0.39 is 0 Å². The standard InChI is InChI=1S/C14H25N5O/c1-19-7-4-11(5-8-19)3-6-16-13-9-12(15)17-14(18-13)10-20-2/h9,11H,3-8,10H2,1-2H3,(H3,15,16,17,18). The van der Waals surface area contributed by atoms with Crippen molar-refractivity contribution in [2.24, 2.45) is 5.92 Å². The molecule has 1 aromatic rings. The van der Waals surface area contributed by atoms with E-state index in [0.717, 1.165) is 18.3 Å². The highest BCUT2D eigenvalue weighted by Gasteiger charge is 2.16. The first-order valence-corrected chi connectivity index (χ1v) is 7.22. The van der Waals surface area contributed by atoms with Gasteiger partial charge in [0.05, 0.1) is 0 Å². The molecule has 2 rings (SSSR count). The zero-order chi connectivity index (χ0) is 14.4. The molecule has 0 aliphatic carbocycles. The maximum Gasteiger partial charge on any atom is 0.158 e. The van der Waals surface area contributed by atoms with Gasteiger partial charge >= 0.3 is 0 Å². The Balaban J connectivity index is 1.78.